The summed E-state index contributed by atoms with van der Waals surface area (Å²) in [6, 6.07) is 6.30. The molecule has 1 N–H and O–H groups in total. The topological polar surface area (TPSA) is 61.9 Å². The highest BCUT2D eigenvalue weighted by Gasteiger charge is 2.30. The molecule has 166 valence electrons. The van der Waals surface area contributed by atoms with Crippen LogP contribution in [0.15, 0.2) is 18.2 Å². The lowest BCUT2D eigenvalue weighted by atomic mass is 9.92. The van der Waals surface area contributed by atoms with Gasteiger partial charge in [0.1, 0.15) is 6.10 Å². The van der Waals surface area contributed by atoms with Gasteiger partial charge in [0.2, 0.25) is 5.91 Å². The normalized spacial score (nSPS) is 20.2. The summed E-state index contributed by atoms with van der Waals surface area (Å²) < 4.78 is 5.53. The van der Waals surface area contributed by atoms with Crippen LogP contribution in [0, 0.1) is 0 Å². The summed E-state index contributed by atoms with van der Waals surface area (Å²) in [5.74, 6) is 0.904. The number of anilines is 1. The summed E-state index contributed by atoms with van der Waals surface area (Å²) in [6.45, 7) is 13.1. The Labute approximate surface area is 180 Å². The molecule has 1 atom stereocenters. The van der Waals surface area contributed by atoms with Gasteiger partial charge in [-0.1, -0.05) is 45.9 Å². The van der Waals surface area contributed by atoms with Crippen molar-refractivity contribution < 1.29 is 14.3 Å². The lowest BCUT2D eigenvalue weighted by Gasteiger charge is -2.35. The number of para-hydroxylation sites is 1. The second-order valence-electron chi connectivity index (χ2n) is 9.09. The van der Waals surface area contributed by atoms with E-state index in [0.717, 1.165) is 31.6 Å². The minimum atomic E-state index is -0.237. The Morgan fingerprint density at radius 3 is 2.23 bits per heavy atom. The van der Waals surface area contributed by atoms with Gasteiger partial charge in [-0.3, -0.25) is 14.5 Å². The first-order valence-corrected chi connectivity index (χ1v) is 11.4. The minimum absolute atomic E-state index is 0.0582. The van der Waals surface area contributed by atoms with E-state index < -0.39 is 0 Å². The van der Waals surface area contributed by atoms with Gasteiger partial charge in [-0.15, -0.1) is 0 Å². The summed E-state index contributed by atoms with van der Waals surface area (Å²) in [5, 5.41) is 3.20. The maximum Gasteiger partial charge on any atom is 0.251 e. The third-order valence-electron chi connectivity index (χ3n) is 6.18. The van der Waals surface area contributed by atoms with E-state index in [4.69, 9.17) is 4.74 Å². The number of carbonyl (C=O) groups excluding carboxylic acids is 2. The zero-order chi connectivity index (χ0) is 21.7. The molecule has 3 rings (SSSR count). The molecule has 30 heavy (non-hydrogen) atoms. The Morgan fingerprint density at radius 1 is 1.07 bits per heavy atom. The van der Waals surface area contributed by atoms with E-state index in [-0.39, 0.29) is 17.9 Å². The first-order valence-electron chi connectivity index (χ1n) is 11.4. The highest BCUT2D eigenvalue weighted by Crippen LogP contribution is 2.32. The molecule has 2 amide bonds. The van der Waals surface area contributed by atoms with Gasteiger partial charge in [-0.2, -0.15) is 0 Å². The maximum absolute atomic E-state index is 12.7. The molecule has 0 bridgehead atoms. The van der Waals surface area contributed by atoms with Gasteiger partial charge in [0.05, 0.1) is 0 Å². The number of carbonyl (C=O) groups is 2. The van der Waals surface area contributed by atoms with E-state index in [1.807, 2.05) is 4.90 Å². The number of piperazine rings is 1. The summed E-state index contributed by atoms with van der Waals surface area (Å²) in [5.41, 5.74) is 3.37. The van der Waals surface area contributed by atoms with Gasteiger partial charge in [0.15, 0.2) is 0 Å². The second kappa shape index (κ2) is 10.4. The number of ether oxygens (including phenoxy) is 1. The molecule has 2 aliphatic heterocycles. The predicted molar refractivity (Wildman–Crippen MR) is 120 cm³/mol. The predicted octanol–water partition coefficient (Wildman–Crippen LogP) is 3.59. The van der Waals surface area contributed by atoms with E-state index in [0.29, 0.717) is 44.5 Å². The third kappa shape index (κ3) is 5.61. The first-order chi connectivity index (χ1) is 14.4. The zero-order valence-corrected chi connectivity index (χ0v) is 18.9. The van der Waals surface area contributed by atoms with Crippen molar-refractivity contribution in [3.63, 3.8) is 0 Å². The lowest BCUT2D eigenvalue weighted by Crippen LogP contribution is -2.51. The highest BCUT2D eigenvalue weighted by atomic mass is 16.5. The van der Waals surface area contributed by atoms with E-state index in [1.54, 1.807) is 0 Å². The average Bonchev–Trinajstić information content (AvgIpc) is 3.27. The van der Waals surface area contributed by atoms with Crippen LogP contribution in [0.25, 0.3) is 0 Å². The number of amides is 2. The van der Waals surface area contributed by atoms with Crippen molar-refractivity contribution in [1.29, 1.82) is 0 Å². The fourth-order valence-electron chi connectivity index (χ4n) is 4.32. The maximum atomic E-state index is 12.7. The Kier molecular flexibility index (Phi) is 7.89. The smallest absolute Gasteiger partial charge is 0.251 e. The van der Waals surface area contributed by atoms with E-state index in [1.165, 1.54) is 11.1 Å². The van der Waals surface area contributed by atoms with Gasteiger partial charge in [-0.25, -0.2) is 0 Å². The molecule has 0 spiro atoms. The van der Waals surface area contributed by atoms with Crippen LogP contribution in [0.1, 0.15) is 69.9 Å². The molecule has 0 aliphatic carbocycles. The molecular weight excluding hydrogens is 378 g/mol. The largest absolute Gasteiger partial charge is 0.368 e. The van der Waals surface area contributed by atoms with Crippen molar-refractivity contribution >= 4 is 17.5 Å². The third-order valence-corrected chi connectivity index (χ3v) is 6.18. The molecule has 2 aliphatic rings. The monoisotopic (exact) mass is 415 g/mol. The standard InChI is InChI=1S/C24H37N3O3/c1-17(2)19-7-5-8-20(18(3)4)23(19)25-22(28)10-11-26-12-14-27(15-13-26)24(29)21-9-6-16-30-21/h5,7-8,17-18,21H,6,9-16H2,1-4H3,(H,25,28)/t21-/m0/s1. The van der Waals surface area contributed by atoms with E-state index in [2.05, 4.69) is 56.1 Å². The van der Waals surface area contributed by atoms with Gasteiger partial charge in [0.25, 0.3) is 5.91 Å². The minimum Gasteiger partial charge on any atom is -0.368 e. The van der Waals surface area contributed by atoms with Crippen molar-refractivity contribution in [1.82, 2.24) is 9.80 Å². The molecule has 6 heteroatoms. The van der Waals surface area contributed by atoms with Gasteiger partial charge in [-0.05, 0) is 35.8 Å². The van der Waals surface area contributed by atoms with Crippen LogP contribution in [-0.4, -0.2) is 67.0 Å². The second-order valence-corrected chi connectivity index (χ2v) is 9.09. The summed E-state index contributed by atoms with van der Waals surface area (Å²) in [7, 11) is 0. The molecule has 1 aromatic rings. The van der Waals surface area contributed by atoms with Gasteiger partial charge in [0, 0.05) is 51.4 Å². The van der Waals surface area contributed by atoms with Gasteiger partial charge < -0.3 is 15.0 Å². The molecular formula is C24H37N3O3. The molecule has 6 nitrogen and oxygen atoms in total. The van der Waals surface area contributed by atoms with Crippen LogP contribution >= 0.6 is 0 Å². The zero-order valence-electron chi connectivity index (χ0n) is 18.9. The molecule has 1 aromatic carbocycles. The number of hydrogen-bond acceptors (Lipinski definition) is 4. The lowest BCUT2D eigenvalue weighted by molar-refractivity contribution is -0.142. The Hall–Kier alpha value is -1.92. The number of rotatable bonds is 7. The van der Waals surface area contributed by atoms with Crippen LogP contribution in [0.3, 0.4) is 0 Å². The Morgan fingerprint density at radius 2 is 1.70 bits per heavy atom. The van der Waals surface area contributed by atoms with Crippen LogP contribution in [0.2, 0.25) is 0 Å². The quantitative estimate of drug-likeness (QED) is 0.739. The molecule has 0 radical (unpaired) electrons. The van der Waals surface area contributed by atoms with Crippen molar-refractivity contribution in [2.45, 2.75) is 64.9 Å². The average molecular weight is 416 g/mol. The summed E-state index contributed by atoms with van der Waals surface area (Å²) >= 11 is 0. The first kappa shape index (κ1) is 22.8. The number of nitrogens with zero attached hydrogens (tertiary/aromatic N) is 2. The molecule has 0 saturated carbocycles. The van der Waals surface area contributed by atoms with Crippen molar-refractivity contribution in [2.75, 3.05) is 44.6 Å². The highest BCUT2D eigenvalue weighted by molar-refractivity contribution is 5.92. The number of hydrogen-bond donors (Lipinski definition) is 1. The molecule has 2 saturated heterocycles. The van der Waals surface area contributed by atoms with Crippen molar-refractivity contribution in [3.05, 3.63) is 29.3 Å². The Balaban J connectivity index is 1.49. The summed E-state index contributed by atoms with van der Waals surface area (Å²) in [4.78, 5) is 29.4. The number of benzene rings is 1. The van der Waals surface area contributed by atoms with E-state index >= 15 is 0 Å². The van der Waals surface area contributed by atoms with Crippen LogP contribution < -0.4 is 5.32 Å². The molecule has 2 fully saturated rings. The fraction of sp³-hybridized carbons (Fsp3) is 0.667. The molecule has 2 heterocycles. The van der Waals surface area contributed by atoms with Gasteiger partial charge >= 0.3 is 0 Å². The van der Waals surface area contributed by atoms with Crippen LogP contribution in [0.4, 0.5) is 5.69 Å². The summed E-state index contributed by atoms with van der Waals surface area (Å²) in [6.07, 6.45) is 2.04. The SMILES string of the molecule is CC(C)c1cccc(C(C)C)c1NC(=O)CCN1CCN(C(=O)[C@@H]2CCCO2)CC1. The van der Waals surface area contributed by atoms with Crippen LogP contribution in [-0.2, 0) is 14.3 Å². The molecule has 0 aromatic heterocycles. The van der Waals surface area contributed by atoms with Crippen molar-refractivity contribution in [3.8, 4) is 0 Å². The Bertz CT molecular complexity index is 707. The van der Waals surface area contributed by atoms with Crippen LogP contribution in [0.5, 0.6) is 0 Å². The van der Waals surface area contributed by atoms with Crippen molar-refractivity contribution in [2.24, 2.45) is 0 Å². The number of nitrogens with one attached hydrogen (secondary N) is 1. The molecule has 0 unspecified atom stereocenters. The fourth-order valence-corrected chi connectivity index (χ4v) is 4.32. The van der Waals surface area contributed by atoms with E-state index in [9.17, 15) is 9.59 Å².